The normalized spacial score (nSPS) is 11.9. The molecule has 21 heavy (non-hydrogen) atoms. The van der Waals surface area contributed by atoms with E-state index in [1.54, 1.807) is 18.9 Å². The molecule has 1 atom stereocenters. The second-order valence-corrected chi connectivity index (χ2v) is 5.13. The number of aromatic nitrogens is 2. The molecule has 0 radical (unpaired) electrons. The molecule has 0 aliphatic carbocycles. The van der Waals surface area contributed by atoms with Gasteiger partial charge in [0.1, 0.15) is 6.04 Å². The Labute approximate surface area is 125 Å². The fraction of sp³-hybridized carbons (Fsp3) is 0.643. The van der Waals surface area contributed by atoms with Crippen LogP contribution in [0, 0.1) is 13.8 Å². The minimum Gasteiger partial charge on any atom is -0.453 e. The van der Waals surface area contributed by atoms with Crippen LogP contribution in [0.5, 0.6) is 0 Å². The average Bonchev–Trinajstić information content (AvgIpc) is 2.77. The lowest BCUT2D eigenvalue weighted by Gasteiger charge is -2.21. The number of nitrogens with zero attached hydrogens (tertiary/aromatic N) is 2. The molecular weight excluding hydrogens is 272 g/mol. The molecular formula is C14H24N4O3. The van der Waals surface area contributed by atoms with Crippen LogP contribution in [0.4, 0.5) is 4.79 Å². The molecule has 0 spiro atoms. The molecule has 0 aliphatic heterocycles. The van der Waals surface area contributed by atoms with Crippen LogP contribution in [-0.2, 0) is 16.0 Å². The minimum atomic E-state index is -0.603. The number of ether oxygens (including phenoxy) is 1. The number of aryl methyl sites for hydroxylation is 2. The van der Waals surface area contributed by atoms with Crippen LogP contribution in [0.3, 0.4) is 0 Å². The Kier molecular flexibility index (Phi) is 6.20. The van der Waals surface area contributed by atoms with Gasteiger partial charge in [-0.15, -0.1) is 0 Å². The van der Waals surface area contributed by atoms with Gasteiger partial charge in [-0.2, -0.15) is 5.10 Å². The third kappa shape index (κ3) is 4.77. The number of carbonyl (C=O) groups excluding carboxylic acids is 2. The lowest BCUT2D eigenvalue weighted by atomic mass is 10.1. The van der Waals surface area contributed by atoms with Gasteiger partial charge in [-0.05, 0) is 39.2 Å². The van der Waals surface area contributed by atoms with Crippen molar-refractivity contribution in [2.24, 2.45) is 0 Å². The van der Waals surface area contributed by atoms with Crippen LogP contribution in [0.2, 0.25) is 0 Å². The van der Waals surface area contributed by atoms with E-state index in [0.717, 1.165) is 24.2 Å². The van der Waals surface area contributed by atoms with Crippen molar-refractivity contribution in [3.05, 3.63) is 17.0 Å². The van der Waals surface area contributed by atoms with Crippen molar-refractivity contribution in [2.45, 2.75) is 39.7 Å². The van der Waals surface area contributed by atoms with Crippen LogP contribution in [-0.4, -0.2) is 53.8 Å². The smallest absolute Gasteiger partial charge is 0.407 e. The summed E-state index contributed by atoms with van der Waals surface area (Å²) in [4.78, 5) is 24.8. The van der Waals surface area contributed by atoms with E-state index in [9.17, 15) is 9.59 Å². The van der Waals surface area contributed by atoms with Gasteiger partial charge in [0.05, 0.1) is 12.8 Å². The van der Waals surface area contributed by atoms with Crippen LogP contribution < -0.4 is 5.32 Å². The van der Waals surface area contributed by atoms with Gasteiger partial charge in [0.2, 0.25) is 5.91 Å². The summed E-state index contributed by atoms with van der Waals surface area (Å²) in [5.74, 6) is -0.138. The van der Waals surface area contributed by atoms with E-state index in [1.807, 2.05) is 13.8 Å². The average molecular weight is 296 g/mol. The fourth-order valence-corrected chi connectivity index (χ4v) is 2.17. The topological polar surface area (TPSA) is 87.3 Å². The Bertz CT molecular complexity index is 479. The first kappa shape index (κ1) is 17.0. The Morgan fingerprint density at radius 2 is 2.10 bits per heavy atom. The van der Waals surface area contributed by atoms with Crippen molar-refractivity contribution in [1.29, 1.82) is 0 Å². The maximum Gasteiger partial charge on any atom is 0.407 e. The fourth-order valence-electron chi connectivity index (χ4n) is 2.17. The van der Waals surface area contributed by atoms with Gasteiger partial charge < -0.3 is 15.0 Å². The van der Waals surface area contributed by atoms with E-state index in [4.69, 9.17) is 0 Å². The summed E-state index contributed by atoms with van der Waals surface area (Å²) in [5, 5.41) is 9.57. The van der Waals surface area contributed by atoms with E-state index >= 15 is 0 Å². The summed E-state index contributed by atoms with van der Waals surface area (Å²) in [6.07, 6.45) is 1.10. The predicted molar refractivity (Wildman–Crippen MR) is 79.0 cm³/mol. The molecule has 1 heterocycles. The van der Waals surface area contributed by atoms with E-state index in [2.05, 4.69) is 20.3 Å². The molecule has 118 valence electrons. The van der Waals surface area contributed by atoms with E-state index in [-0.39, 0.29) is 5.91 Å². The lowest BCUT2D eigenvalue weighted by Crippen LogP contribution is -2.45. The zero-order chi connectivity index (χ0) is 16.0. The summed E-state index contributed by atoms with van der Waals surface area (Å²) in [6, 6.07) is -0.597. The number of likely N-dealkylation sites (N-methyl/N-ethyl adjacent to an activating group) is 1. The number of H-pyrrole nitrogens is 1. The van der Waals surface area contributed by atoms with Crippen molar-refractivity contribution >= 4 is 12.0 Å². The Morgan fingerprint density at radius 1 is 1.43 bits per heavy atom. The number of hydrogen-bond donors (Lipinski definition) is 2. The van der Waals surface area contributed by atoms with Gasteiger partial charge in [0.25, 0.3) is 0 Å². The molecule has 1 aromatic rings. The maximum absolute atomic E-state index is 12.1. The molecule has 2 N–H and O–H groups in total. The number of rotatable bonds is 6. The van der Waals surface area contributed by atoms with Gasteiger partial charge >= 0.3 is 6.09 Å². The van der Waals surface area contributed by atoms with E-state index < -0.39 is 12.1 Å². The molecule has 0 saturated heterocycles. The highest BCUT2D eigenvalue weighted by Crippen LogP contribution is 2.12. The SMILES string of the molecule is COC(=O)N[C@@H](C)C(=O)N(C)CCCc1c(C)n[nH]c1C. The van der Waals surface area contributed by atoms with Crippen molar-refractivity contribution in [3.8, 4) is 0 Å². The van der Waals surface area contributed by atoms with Crippen molar-refractivity contribution in [3.63, 3.8) is 0 Å². The number of carbonyl (C=O) groups is 2. The molecule has 7 heteroatoms. The zero-order valence-electron chi connectivity index (χ0n) is 13.3. The second-order valence-electron chi connectivity index (χ2n) is 5.13. The Balaban J connectivity index is 2.41. The van der Waals surface area contributed by atoms with E-state index in [0.29, 0.717) is 6.54 Å². The third-order valence-corrected chi connectivity index (χ3v) is 3.47. The van der Waals surface area contributed by atoms with Crippen LogP contribution >= 0.6 is 0 Å². The molecule has 0 aliphatic rings. The molecule has 1 aromatic heterocycles. The summed E-state index contributed by atoms with van der Waals surface area (Å²) >= 11 is 0. The summed E-state index contributed by atoms with van der Waals surface area (Å²) in [5.41, 5.74) is 3.28. The number of alkyl carbamates (subject to hydrolysis) is 1. The summed E-state index contributed by atoms with van der Waals surface area (Å²) in [6.45, 7) is 6.22. The summed E-state index contributed by atoms with van der Waals surface area (Å²) < 4.78 is 4.48. The molecule has 1 rings (SSSR count). The molecule has 7 nitrogen and oxygen atoms in total. The van der Waals surface area contributed by atoms with E-state index in [1.165, 1.54) is 12.7 Å². The largest absolute Gasteiger partial charge is 0.453 e. The van der Waals surface area contributed by atoms with Gasteiger partial charge in [-0.1, -0.05) is 0 Å². The first-order chi connectivity index (χ1) is 9.86. The van der Waals surface area contributed by atoms with Gasteiger partial charge in [0, 0.05) is 19.3 Å². The van der Waals surface area contributed by atoms with Crippen LogP contribution in [0.25, 0.3) is 0 Å². The maximum atomic E-state index is 12.1. The molecule has 0 unspecified atom stereocenters. The molecule has 0 saturated carbocycles. The standard InChI is InChI=1S/C14H24N4O3/c1-9-12(10(2)17-16-9)7-6-8-18(4)13(19)11(3)15-14(20)21-5/h11H,6-8H2,1-5H3,(H,15,20)(H,16,17)/t11-/m0/s1. The number of nitrogens with one attached hydrogen (secondary N) is 2. The number of methoxy groups -OCH3 is 1. The first-order valence-electron chi connectivity index (χ1n) is 6.96. The van der Waals surface area contributed by atoms with Crippen molar-refractivity contribution in [2.75, 3.05) is 20.7 Å². The Hall–Kier alpha value is -2.05. The van der Waals surface area contributed by atoms with Gasteiger partial charge in [-0.3, -0.25) is 9.89 Å². The Morgan fingerprint density at radius 3 is 2.62 bits per heavy atom. The predicted octanol–water partition coefficient (Wildman–Crippen LogP) is 1.16. The summed E-state index contributed by atoms with van der Waals surface area (Å²) in [7, 11) is 3.00. The highest BCUT2D eigenvalue weighted by Gasteiger charge is 2.19. The van der Waals surface area contributed by atoms with Crippen molar-refractivity contribution < 1.29 is 14.3 Å². The number of hydrogen-bond acceptors (Lipinski definition) is 4. The highest BCUT2D eigenvalue weighted by atomic mass is 16.5. The molecule has 0 aromatic carbocycles. The minimum absolute atomic E-state index is 0.138. The van der Waals surface area contributed by atoms with Crippen molar-refractivity contribution in [1.82, 2.24) is 20.4 Å². The third-order valence-electron chi connectivity index (χ3n) is 3.47. The quantitative estimate of drug-likeness (QED) is 0.824. The first-order valence-corrected chi connectivity index (χ1v) is 6.96. The van der Waals surface area contributed by atoms with Gasteiger partial charge in [-0.25, -0.2) is 4.79 Å². The van der Waals surface area contributed by atoms with Crippen LogP contribution in [0.15, 0.2) is 0 Å². The lowest BCUT2D eigenvalue weighted by molar-refractivity contribution is -0.131. The van der Waals surface area contributed by atoms with Gasteiger partial charge in [0.15, 0.2) is 0 Å². The highest BCUT2D eigenvalue weighted by molar-refractivity contribution is 5.85. The number of amides is 2. The molecule has 0 bridgehead atoms. The molecule has 0 fully saturated rings. The number of aromatic amines is 1. The second kappa shape index (κ2) is 7.66. The monoisotopic (exact) mass is 296 g/mol. The zero-order valence-corrected chi connectivity index (χ0v) is 13.3. The van der Waals surface area contributed by atoms with Crippen LogP contribution in [0.1, 0.15) is 30.3 Å². The molecule has 2 amide bonds.